The number of hydrogen-bond donors (Lipinski definition) is 0. The lowest BCUT2D eigenvalue weighted by Crippen LogP contribution is -2.25. The molecule has 0 saturated heterocycles. The Morgan fingerprint density at radius 3 is 2.05 bits per heavy atom. The van der Waals surface area contributed by atoms with Gasteiger partial charge in [-0.2, -0.15) is 0 Å². The second-order valence-corrected chi connectivity index (χ2v) is 3.97. The Morgan fingerprint density at radius 2 is 1.68 bits per heavy atom. The highest BCUT2D eigenvalue weighted by atomic mass is 16.7. The molecule has 0 atom stereocenters. The number of carbonyl (C=O) groups is 2. The molecule has 110 valence electrons. The van der Waals surface area contributed by atoms with Crippen LogP contribution in [-0.2, 0) is 23.8 Å². The van der Waals surface area contributed by atoms with E-state index >= 15 is 0 Å². The van der Waals surface area contributed by atoms with Crippen LogP contribution in [0.4, 0.5) is 0 Å². The van der Waals surface area contributed by atoms with Gasteiger partial charge < -0.3 is 19.1 Å². The largest absolute Gasteiger partial charge is 0.465 e. The molecule has 0 heterocycles. The number of nitrogens with zero attached hydrogens (tertiary/aromatic N) is 1. The maximum absolute atomic E-state index is 12.1. The van der Waals surface area contributed by atoms with E-state index < -0.39 is 12.3 Å². The number of carbonyl (C=O) groups excluding carboxylic acids is 2. The molecule has 0 radical (unpaired) electrons. The molecule has 0 rings (SSSR count). The van der Waals surface area contributed by atoms with Crippen molar-refractivity contribution in [1.82, 2.24) is 4.90 Å². The fraction of sp³-hybridized carbons (Fsp3) is 0.692. The minimum Gasteiger partial charge on any atom is -0.465 e. The molecule has 0 saturated carbocycles. The molecular formula is C13H23NO5. The molecule has 0 bridgehead atoms. The maximum Gasteiger partial charge on any atom is 0.342 e. The maximum atomic E-state index is 12.1. The first-order valence-electron chi connectivity index (χ1n) is 6.19. The molecule has 0 spiro atoms. The Balaban J connectivity index is 4.84. The summed E-state index contributed by atoms with van der Waals surface area (Å²) in [6.45, 7) is 4.49. The van der Waals surface area contributed by atoms with Gasteiger partial charge in [-0.05, 0) is 13.8 Å². The van der Waals surface area contributed by atoms with Gasteiger partial charge in [0.1, 0.15) is 5.57 Å². The minimum atomic E-state index is -0.662. The van der Waals surface area contributed by atoms with Gasteiger partial charge in [0.05, 0.1) is 13.5 Å². The molecular weight excluding hydrogens is 250 g/mol. The summed E-state index contributed by atoms with van der Waals surface area (Å²) in [4.78, 5) is 25.3. The van der Waals surface area contributed by atoms with Gasteiger partial charge in [-0.25, -0.2) is 4.79 Å². The molecule has 0 N–H and O–H groups in total. The van der Waals surface area contributed by atoms with E-state index in [1.54, 1.807) is 19.0 Å². The van der Waals surface area contributed by atoms with Gasteiger partial charge in [0.15, 0.2) is 12.1 Å². The van der Waals surface area contributed by atoms with Crippen molar-refractivity contribution in [2.24, 2.45) is 0 Å². The minimum absolute atomic E-state index is 0.0168. The lowest BCUT2D eigenvalue weighted by molar-refractivity contribution is -0.151. The second-order valence-electron chi connectivity index (χ2n) is 3.97. The van der Waals surface area contributed by atoms with Crippen LogP contribution in [0.3, 0.4) is 0 Å². The smallest absolute Gasteiger partial charge is 0.342 e. The third-order valence-corrected chi connectivity index (χ3v) is 2.15. The summed E-state index contributed by atoms with van der Waals surface area (Å²) in [7, 11) is 4.68. The van der Waals surface area contributed by atoms with Crippen LogP contribution < -0.4 is 0 Å². The summed E-state index contributed by atoms with van der Waals surface area (Å²) in [6, 6.07) is 0. The molecule has 6 nitrogen and oxygen atoms in total. The SMILES string of the molecule is CCOC(CC(=O)/C(=C/N(C)C)C(=O)OC)OCC. The Hall–Kier alpha value is -1.40. The molecule has 0 aromatic carbocycles. The first-order chi connectivity index (χ1) is 8.96. The zero-order valence-electron chi connectivity index (χ0n) is 12.3. The zero-order valence-corrected chi connectivity index (χ0v) is 12.3. The molecule has 0 unspecified atom stereocenters. The van der Waals surface area contributed by atoms with Crippen molar-refractivity contribution >= 4 is 11.8 Å². The lowest BCUT2D eigenvalue weighted by atomic mass is 10.1. The van der Waals surface area contributed by atoms with E-state index in [-0.39, 0.29) is 17.8 Å². The molecule has 0 aliphatic carbocycles. The van der Waals surface area contributed by atoms with Crippen LogP contribution in [0.1, 0.15) is 20.3 Å². The standard InChI is InChI=1S/C13H23NO5/c1-6-18-12(19-7-2)8-11(15)10(9-14(3)4)13(16)17-5/h9,12H,6-8H2,1-5H3/b10-9-. The third-order valence-electron chi connectivity index (χ3n) is 2.15. The van der Waals surface area contributed by atoms with Crippen molar-refractivity contribution in [3.8, 4) is 0 Å². The predicted octanol–water partition coefficient (Wildman–Crippen LogP) is 0.963. The Bertz CT molecular complexity index is 319. The van der Waals surface area contributed by atoms with Crippen molar-refractivity contribution in [2.75, 3.05) is 34.4 Å². The fourth-order valence-corrected chi connectivity index (χ4v) is 1.41. The van der Waals surface area contributed by atoms with Gasteiger partial charge in [-0.15, -0.1) is 0 Å². The van der Waals surface area contributed by atoms with E-state index in [1.165, 1.54) is 13.3 Å². The van der Waals surface area contributed by atoms with Gasteiger partial charge in [0.25, 0.3) is 0 Å². The zero-order chi connectivity index (χ0) is 14.8. The van der Waals surface area contributed by atoms with Crippen LogP contribution in [0.15, 0.2) is 11.8 Å². The lowest BCUT2D eigenvalue weighted by Gasteiger charge is -2.17. The highest BCUT2D eigenvalue weighted by Gasteiger charge is 2.23. The molecule has 0 fully saturated rings. The van der Waals surface area contributed by atoms with Gasteiger partial charge in [-0.1, -0.05) is 0 Å². The van der Waals surface area contributed by atoms with Crippen molar-refractivity contribution in [1.29, 1.82) is 0 Å². The summed E-state index contributed by atoms with van der Waals surface area (Å²) in [6.07, 6.45) is 0.775. The number of hydrogen-bond acceptors (Lipinski definition) is 6. The molecule has 19 heavy (non-hydrogen) atoms. The van der Waals surface area contributed by atoms with Crippen LogP contribution in [-0.4, -0.2) is 57.4 Å². The fourth-order valence-electron chi connectivity index (χ4n) is 1.41. The number of ether oxygens (including phenoxy) is 3. The molecule has 6 heteroatoms. The molecule has 0 aromatic rings. The van der Waals surface area contributed by atoms with Crippen LogP contribution in [0.5, 0.6) is 0 Å². The summed E-state index contributed by atoms with van der Waals surface area (Å²) < 4.78 is 15.2. The van der Waals surface area contributed by atoms with Gasteiger partial charge in [0.2, 0.25) is 0 Å². The molecule has 0 aliphatic rings. The van der Waals surface area contributed by atoms with E-state index in [2.05, 4.69) is 4.74 Å². The van der Waals surface area contributed by atoms with Crippen LogP contribution in [0.2, 0.25) is 0 Å². The average molecular weight is 273 g/mol. The van der Waals surface area contributed by atoms with Crippen molar-refractivity contribution < 1.29 is 23.8 Å². The van der Waals surface area contributed by atoms with Crippen LogP contribution in [0, 0.1) is 0 Å². The van der Waals surface area contributed by atoms with Gasteiger partial charge >= 0.3 is 5.97 Å². The van der Waals surface area contributed by atoms with Crippen molar-refractivity contribution in [3.63, 3.8) is 0 Å². The summed E-state index contributed by atoms with van der Waals surface area (Å²) in [5.74, 6) is -1.03. The van der Waals surface area contributed by atoms with Crippen LogP contribution >= 0.6 is 0 Å². The van der Waals surface area contributed by atoms with Crippen LogP contribution in [0.25, 0.3) is 0 Å². The number of rotatable bonds is 9. The quantitative estimate of drug-likeness (QED) is 0.205. The topological polar surface area (TPSA) is 65.1 Å². The van der Waals surface area contributed by atoms with E-state index in [4.69, 9.17) is 9.47 Å². The number of methoxy groups -OCH3 is 1. The van der Waals surface area contributed by atoms with E-state index in [1.807, 2.05) is 13.8 Å². The predicted molar refractivity (Wildman–Crippen MR) is 70.5 cm³/mol. The van der Waals surface area contributed by atoms with Crippen molar-refractivity contribution in [3.05, 3.63) is 11.8 Å². The Kier molecular flexibility index (Phi) is 8.82. The average Bonchev–Trinajstić information content (AvgIpc) is 2.35. The van der Waals surface area contributed by atoms with Gasteiger partial charge in [-0.3, -0.25) is 4.79 Å². The summed E-state index contributed by atoms with van der Waals surface area (Å²) in [5.41, 5.74) is -0.0168. The normalized spacial score (nSPS) is 11.6. The van der Waals surface area contributed by atoms with E-state index in [0.717, 1.165) is 0 Å². The first-order valence-corrected chi connectivity index (χ1v) is 6.19. The summed E-state index contributed by atoms with van der Waals surface area (Å²) >= 11 is 0. The Morgan fingerprint density at radius 1 is 1.16 bits per heavy atom. The monoisotopic (exact) mass is 273 g/mol. The van der Waals surface area contributed by atoms with E-state index in [9.17, 15) is 9.59 Å². The highest BCUT2D eigenvalue weighted by Crippen LogP contribution is 2.10. The number of Topliss-reactive ketones (excluding diaryl/α,β-unsaturated/α-hetero) is 1. The Labute approximate surface area is 114 Å². The third kappa shape index (κ3) is 6.93. The first kappa shape index (κ1) is 17.6. The molecule has 0 amide bonds. The van der Waals surface area contributed by atoms with Gasteiger partial charge in [0, 0.05) is 33.5 Å². The van der Waals surface area contributed by atoms with Crippen molar-refractivity contribution in [2.45, 2.75) is 26.6 Å². The number of esters is 1. The number of ketones is 1. The molecule has 0 aromatic heterocycles. The van der Waals surface area contributed by atoms with E-state index in [0.29, 0.717) is 13.2 Å². The highest BCUT2D eigenvalue weighted by molar-refractivity contribution is 6.17. The molecule has 0 aliphatic heterocycles. The summed E-state index contributed by atoms with van der Waals surface area (Å²) in [5, 5.41) is 0. The second kappa shape index (κ2) is 9.52.